The standard InChI is InChI=1S/C21H12F3N3OS/c22-21(23,24)14-5-3-4-13(10-14)19-9-8-15(28-19)11-16(12-25)29-20-26-17-6-1-2-7-18(17)27-20/h1-11H,(H,26,27)/b16-11+. The van der Waals surface area contributed by atoms with Crippen molar-refractivity contribution in [1.82, 2.24) is 9.97 Å². The number of fused-ring (bicyclic) bond motifs is 1. The number of para-hydroxylation sites is 2. The van der Waals surface area contributed by atoms with Gasteiger partial charge in [-0.2, -0.15) is 18.4 Å². The molecule has 8 heteroatoms. The van der Waals surface area contributed by atoms with Gasteiger partial charge in [-0.15, -0.1) is 0 Å². The van der Waals surface area contributed by atoms with Crippen molar-refractivity contribution in [2.24, 2.45) is 0 Å². The van der Waals surface area contributed by atoms with Gasteiger partial charge in [-0.1, -0.05) is 24.3 Å². The molecule has 4 nitrogen and oxygen atoms in total. The molecule has 0 atom stereocenters. The van der Waals surface area contributed by atoms with Gasteiger partial charge in [0.25, 0.3) is 0 Å². The lowest BCUT2D eigenvalue weighted by atomic mass is 10.1. The van der Waals surface area contributed by atoms with Crippen LogP contribution in [0.25, 0.3) is 28.4 Å². The summed E-state index contributed by atoms with van der Waals surface area (Å²) in [6, 6.07) is 17.7. The Bertz CT molecular complexity index is 1210. The summed E-state index contributed by atoms with van der Waals surface area (Å²) in [5.41, 5.74) is 1.21. The maximum Gasteiger partial charge on any atom is 0.416 e. The smallest absolute Gasteiger partial charge is 0.416 e. The molecule has 0 amide bonds. The summed E-state index contributed by atoms with van der Waals surface area (Å²) in [7, 11) is 0. The Balaban J connectivity index is 1.58. The molecular formula is C21H12F3N3OS. The molecule has 4 rings (SSSR count). The van der Waals surface area contributed by atoms with Crippen LogP contribution in [0.15, 0.2) is 75.1 Å². The summed E-state index contributed by atoms with van der Waals surface area (Å²) in [6.07, 6.45) is -2.91. The molecule has 2 aromatic carbocycles. The van der Waals surface area contributed by atoms with E-state index in [1.54, 1.807) is 12.1 Å². The van der Waals surface area contributed by atoms with Crippen LogP contribution in [0.5, 0.6) is 0 Å². The van der Waals surface area contributed by atoms with Crippen LogP contribution in [0.3, 0.4) is 0 Å². The van der Waals surface area contributed by atoms with Gasteiger partial charge in [-0.05, 0) is 48.2 Å². The van der Waals surface area contributed by atoms with Crippen molar-refractivity contribution in [3.63, 3.8) is 0 Å². The quantitative estimate of drug-likeness (QED) is 0.308. The van der Waals surface area contributed by atoms with E-state index < -0.39 is 11.7 Å². The third kappa shape index (κ3) is 4.20. The van der Waals surface area contributed by atoms with Crippen molar-refractivity contribution >= 4 is 28.9 Å². The first-order valence-corrected chi connectivity index (χ1v) is 9.26. The number of hydrogen-bond donors (Lipinski definition) is 1. The third-order valence-corrected chi connectivity index (χ3v) is 4.87. The topological polar surface area (TPSA) is 65.6 Å². The second kappa shape index (κ2) is 7.53. The largest absolute Gasteiger partial charge is 0.457 e. The monoisotopic (exact) mass is 411 g/mol. The molecule has 2 aromatic heterocycles. The van der Waals surface area contributed by atoms with Crippen LogP contribution in [-0.2, 0) is 6.18 Å². The predicted octanol–water partition coefficient (Wildman–Crippen LogP) is 6.50. The molecule has 0 radical (unpaired) electrons. The van der Waals surface area contributed by atoms with Crippen molar-refractivity contribution < 1.29 is 17.6 Å². The molecule has 0 spiro atoms. The number of aromatic amines is 1. The average molecular weight is 411 g/mol. The molecule has 29 heavy (non-hydrogen) atoms. The number of imidazole rings is 1. The molecular weight excluding hydrogens is 399 g/mol. The molecule has 1 N–H and O–H groups in total. The van der Waals surface area contributed by atoms with Gasteiger partial charge in [0, 0.05) is 11.6 Å². The van der Waals surface area contributed by atoms with Crippen LogP contribution in [-0.4, -0.2) is 9.97 Å². The first kappa shape index (κ1) is 18.9. The summed E-state index contributed by atoms with van der Waals surface area (Å²) in [5, 5.41) is 9.98. The van der Waals surface area contributed by atoms with E-state index >= 15 is 0 Å². The van der Waals surface area contributed by atoms with Crippen LogP contribution >= 0.6 is 11.8 Å². The Kier molecular flexibility index (Phi) is 4.91. The van der Waals surface area contributed by atoms with Gasteiger partial charge in [0.05, 0.1) is 21.5 Å². The Morgan fingerprint density at radius 2 is 1.93 bits per heavy atom. The van der Waals surface area contributed by atoms with Crippen molar-refractivity contribution in [1.29, 1.82) is 5.26 Å². The van der Waals surface area contributed by atoms with Crippen molar-refractivity contribution in [3.05, 3.63) is 76.9 Å². The number of furan rings is 1. The highest BCUT2D eigenvalue weighted by Crippen LogP contribution is 2.33. The second-order valence-electron chi connectivity index (χ2n) is 6.06. The van der Waals surface area contributed by atoms with E-state index in [2.05, 4.69) is 16.0 Å². The Morgan fingerprint density at radius 1 is 1.10 bits per heavy atom. The first-order valence-electron chi connectivity index (χ1n) is 8.44. The number of nitriles is 1. The molecule has 144 valence electrons. The lowest BCUT2D eigenvalue weighted by Crippen LogP contribution is -2.04. The molecule has 0 saturated carbocycles. The lowest BCUT2D eigenvalue weighted by molar-refractivity contribution is -0.137. The van der Waals surface area contributed by atoms with Gasteiger partial charge in [0.2, 0.25) is 0 Å². The third-order valence-electron chi connectivity index (χ3n) is 4.06. The first-order chi connectivity index (χ1) is 13.9. The highest BCUT2D eigenvalue weighted by molar-refractivity contribution is 8.03. The van der Waals surface area contributed by atoms with Gasteiger partial charge in [0.15, 0.2) is 5.16 Å². The molecule has 0 aliphatic heterocycles. The zero-order chi connectivity index (χ0) is 20.4. The molecule has 0 aliphatic rings. The number of aromatic nitrogens is 2. The minimum Gasteiger partial charge on any atom is -0.457 e. The maximum atomic E-state index is 12.9. The number of hydrogen-bond acceptors (Lipinski definition) is 4. The van der Waals surface area contributed by atoms with Crippen molar-refractivity contribution in [2.45, 2.75) is 11.3 Å². The minimum atomic E-state index is -4.43. The van der Waals surface area contributed by atoms with Gasteiger partial charge < -0.3 is 9.40 Å². The molecule has 0 unspecified atom stereocenters. The van der Waals surface area contributed by atoms with Crippen LogP contribution in [0.4, 0.5) is 13.2 Å². The van der Waals surface area contributed by atoms with E-state index in [0.29, 0.717) is 21.4 Å². The molecule has 2 heterocycles. The van der Waals surface area contributed by atoms with Crippen LogP contribution in [0, 0.1) is 11.3 Å². The SMILES string of the molecule is N#C/C(=C\c1ccc(-c2cccc(C(F)(F)F)c2)o1)Sc1nc2ccccc2[nH]1. The highest BCUT2D eigenvalue weighted by Gasteiger charge is 2.30. The Hall–Kier alpha value is -3.44. The number of halogens is 3. The van der Waals surface area contributed by atoms with Gasteiger partial charge in [-0.3, -0.25) is 0 Å². The fourth-order valence-corrected chi connectivity index (χ4v) is 3.46. The Labute approximate surface area is 167 Å². The van der Waals surface area contributed by atoms with Crippen LogP contribution in [0.1, 0.15) is 11.3 Å². The fraction of sp³-hybridized carbons (Fsp3) is 0.0476. The van der Waals surface area contributed by atoms with E-state index in [4.69, 9.17) is 4.42 Å². The molecule has 0 aliphatic carbocycles. The number of nitrogens with zero attached hydrogens (tertiary/aromatic N) is 2. The predicted molar refractivity (Wildman–Crippen MR) is 105 cm³/mol. The molecule has 0 saturated heterocycles. The fourth-order valence-electron chi connectivity index (χ4n) is 2.73. The van der Waals surface area contributed by atoms with E-state index in [1.807, 2.05) is 24.3 Å². The summed E-state index contributed by atoms with van der Waals surface area (Å²) in [4.78, 5) is 7.85. The normalized spacial score (nSPS) is 12.3. The number of thioether (sulfide) groups is 1. The number of alkyl halides is 3. The summed E-state index contributed by atoms with van der Waals surface area (Å²) >= 11 is 1.14. The molecule has 0 bridgehead atoms. The van der Waals surface area contributed by atoms with E-state index in [-0.39, 0.29) is 5.76 Å². The second-order valence-corrected chi connectivity index (χ2v) is 7.09. The van der Waals surface area contributed by atoms with Gasteiger partial charge >= 0.3 is 6.18 Å². The van der Waals surface area contributed by atoms with E-state index in [9.17, 15) is 18.4 Å². The Morgan fingerprint density at radius 3 is 2.69 bits per heavy atom. The summed E-state index contributed by atoms with van der Waals surface area (Å²) in [5.74, 6) is 0.644. The van der Waals surface area contributed by atoms with Crippen LogP contribution < -0.4 is 0 Å². The maximum absolute atomic E-state index is 12.9. The molecule has 4 aromatic rings. The van der Waals surface area contributed by atoms with Gasteiger partial charge in [-0.25, -0.2) is 4.98 Å². The zero-order valence-corrected chi connectivity index (χ0v) is 15.5. The highest BCUT2D eigenvalue weighted by atomic mass is 32.2. The number of nitrogens with one attached hydrogen (secondary N) is 1. The number of allylic oxidation sites excluding steroid dienone is 1. The summed E-state index contributed by atoms with van der Waals surface area (Å²) < 4.78 is 44.3. The van der Waals surface area contributed by atoms with Gasteiger partial charge in [0.1, 0.15) is 17.6 Å². The van der Waals surface area contributed by atoms with Crippen molar-refractivity contribution in [2.75, 3.05) is 0 Å². The number of rotatable bonds is 4. The zero-order valence-electron chi connectivity index (χ0n) is 14.7. The van der Waals surface area contributed by atoms with E-state index in [1.165, 1.54) is 18.2 Å². The lowest BCUT2D eigenvalue weighted by Gasteiger charge is -2.07. The number of benzene rings is 2. The number of H-pyrrole nitrogens is 1. The minimum absolute atomic E-state index is 0.286. The van der Waals surface area contributed by atoms with Crippen LogP contribution in [0.2, 0.25) is 0 Å². The van der Waals surface area contributed by atoms with Crippen molar-refractivity contribution in [3.8, 4) is 17.4 Å². The average Bonchev–Trinajstić information content (AvgIpc) is 3.33. The van der Waals surface area contributed by atoms with E-state index in [0.717, 1.165) is 34.9 Å². The summed E-state index contributed by atoms with van der Waals surface area (Å²) in [6.45, 7) is 0. The molecule has 0 fully saturated rings.